The summed E-state index contributed by atoms with van der Waals surface area (Å²) in [6, 6.07) is 7.42. The van der Waals surface area contributed by atoms with Crippen molar-refractivity contribution in [1.82, 2.24) is 10.2 Å². The van der Waals surface area contributed by atoms with Crippen LogP contribution in [0.5, 0.6) is 0 Å². The summed E-state index contributed by atoms with van der Waals surface area (Å²) in [5.41, 5.74) is 1.12. The number of hydrogen-bond donors (Lipinski definition) is 1. The molecule has 1 N–H and O–H groups in total. The van der Waals surface area contributed by atoms with Crippen molar-refractivity contribution in [1.29, 1.82) is 0 Å². The lowest BCUT2D eigenvalue weighted by atomic mass is 9.97. The maximum Gasteiger partial charge on any atom is 0.263 e. The van der Waals surface area contributed by atoms with Gasteiger partial charge in [0.25, 0.3) is 6.43 Å². The van der Waals surface area contributed by atoms with E-state index < -0.39 is 6.43 Å². The molecule has 0 spiro atoms. The third kappa shape index (κ3) is 3.59. The van der Waals surface area contributed by atoms with Crippen molar-refractivity contribution in [2.24, 2.45) is 0 Å². The zero-order chi connectivity index (χ0) is 14.8. The van der Waals surface area contributed by atoms with Gasteiger partial charge in [0, 0.05) is 24.7 Å². The van der Waals surface area contributed by atoms with E-state index in [9.17, 15) is 8.78 Å². The van der Waals surface area contributed by atoms with Gasteiger partial charge in [-0.25, -0.2) is 8.78 Å². The lowest BCUT2D eigenvalue weighted by Gasteiger charge is -2.39. The molecule has 2 fully saturated rings. The minimum absolute atomic E-state index is 0.0711. The summed E-state index contributed by atoms with van der Waals surface area (Å²) in [5, 5.41) is 3.50. The minimum Gasteiger partial charge on any atom is -0.374 e. The molecule has 1 heterocycles. The maximum absolute atomic E-state index is 12.7. The number of halogens is 2. The Hall–Kier alpha value is -1.04. The van der Waals surface area contributed by atoms with Gasteiger partial charge in [-0.05, 0) is 25.5 Å². The van der Waals surface area contributed by atoms with Crippen LogP contribution in [0.3, 0.4) is 0 Å². The third-order valence-electron chi connectivity index (χ3n) is 4.32. The largest absolute Gasteiger partial charge is 0.374 e. The van der Waals surface area contributed by atoms with Gasteiger partial charge >= 0.3 is 0 Å². The van der Waals surface area contributed by atoms with Gasteiger partial charge in [0.15, 0.2) is 0 Å². The molecule has 116 valence electrons. The first-order valence-electron chi connectivity index (χ1n) is 7.58. The van der Waals surface area contributed by atoms with Crippen LogP contribution in [-0.4, -0.2) is 43.8 Å². The highest BCUT2D eigenvalue weighted by Gasteiger charge is 2.33. The van der Waals surface area contributed by atoms with Crippen LogP contribution in [0.25, 0.3) is 0 Å². The number of nitrogens with one attached hydrogen (secondary N) is 1. The van der Waals surface area contributed by atoms with E-state index in [1.807, 2.05) is 12.1 Å². The van der Waals surface area contributed by atoms with Gasteiger partial charge in [0.1, 0.15) is 0 Å². The monoisotopic (exact) mass is 296 g/mol. The number of alkyl halides is 2. The number of benzene rings is 1. The van der Waals surface area contributed by atoms with E-state index in [1.54, 1.807) is 0 Å². The Balaban J connectivity index is 1.73. The summed E-state index contributed by atoms with van der Waals surface area (Å²) < 4.78 is 31.3. The lowest BCUT2D eigenvalue weighted by Crippen LogP contribution is -2.47. The van der Waals surface area contributed by atoms with E-state index in [0.717, 1.165) is 25.3 Å². The van der Waals surface area contributed by atoms with E-state index in [1.165, 1.54) is 25.0 Å². The Kier molecular flexibility index (Phi) is 4.52. The summed E-state index contributed by atoms with van der Waals surface area (Å²) >= 11 is 0. The van der Waals surface area contributed by atoms with Crippen LogP contribution in [0.4, 0.5) is 8.78 Å². The van der Waals surface area contributed by atoms with Gasteiger partial charge in [0.05, 0.1) is 18.8 Å². The number of morpholine rings is 1. The average molecular weight is 296 g/mol. The van der Waals surface area contributed by atoms with Crippen LogP contribution < -0.4 is 5.32 Å². The topological polar surface area (TPSA) is 24.5 Å². The quantitative estimate of drug-likeness (QED) is 0.904. The Morgan fingerprint density at radius 1 is 1.29 bits per heavy atom. The fourth-order valence-corrected chi connectivity index (χ4v) is 2.91. The van der Waals surface area contributed by atoms with Gasteiger partial charge in [-0.15, -0.1) is 0 Å². The van der Waals surface area contributed by atoms with Gasteiger partial charge < -0.3 is 10.1 Å². The molecule has 1 saturated carbocycles. The molecule has 0 bridgehead atoms. The van der Waals surface area contributed by atoms with Crippen LogP contribution >= 0.6 is 0 Å². The Morgan fingerprint density at radius 3 is 2.62 bits per heavy atom. The second kappa shape index (κ2) is 6.38. The molecule has 0 radical (unpaired) electrons. The van der Waals surface area contributed by atoms with Gasteiger partial charge in [0.2, 0.25) is 0 Å². The molecule has 1 aromatic rings. The molecular formula is C16H22F2N2O. The molecule has 3 rings (SSSR count). The van der Waals surface area contributed by atoms with Crippen molar-refractivity contribution in [2.45, 2.75) is 37.5 Å². The first-order valence-corrected chi connectivity index (χ1v) is 7.58. The second-order valence-corrected chi connectivity index (χ2v) is 5.98. The number of likely N-dealkylation sites (N-methyl/N-ethyl adjacent to an activating group) is 1. The molecule has 2 atom stereocenters. The molecule has 1 aliphatic carbocycles. The third-order valence-corrected chi connectivity index (χ3v) is 4.32. The van der Waals surface area contributed by atoms with E-state index in [2.05, 4.69) is 17.3 Å². The first-order chi connectivity index (χ1) is 10.1. The van der Waals surface area contributed by atoms with Crippen molar-refractivity contribution in [2.75, 3.05) is 26.7 Å². The molecule has 2 unspecified atom stereocenters. The smallest absolute Gasteiger partial charge is 0.263 e. The highest BCUT2D eigenvalue weighted by atomic mass is 19.3. The molecule has 21 heavy (non-hydrogen) atoms. The van der Waals surface area contributed by atoms with Crippen LogP contribution in [0.1, 0.15) is 36.4 Å². The van der Waals surface area contributed by atoms with Crippen molar-refractivity contribution < 1.29 is 13.5 Å². The Bertz CT molecular complexity index is 462. The first kappa shape index (κ1) is 14.9. The van der Waals surface area contributed by atoms with E-state index in [4.69, 9.17) is 4.74 Å². The molecule has 5 heteroatoms. The molecule has 1 aromatic carbocycles. The average Bonchev–Trinajstić information content (AvgIpc) is 3.29. The van der Waals surface area contributed by atoms with Crippen molar-refractivity contribution in [3.05, 3.63) is 35.4 Å². The van der Waals surface area contributed by atoms with Crippen LogP contribution in [-0.2, 0) is 4.74 Å². The van der Waals surface area contributed by atoms with Crippen molar-refractivity contribution in [3.8, 4) is 0 Å². The standard InChI is InChI=1S/C16H22F2N2O/c1-20-8-9-21-14(10-19-13-6-7-13)15(20)11-2-4-12(5-3-11)16(17)18/h2-5,13-16,19H,6-10H2,1H3. The summed E-state index contributed by atoms with van der Waals surface area (Å²) in [5.74, 6) is 0. The summed E-state index contributed by atoms with van der Waals surface area (Å²) in [7, 11) is 2.07. The lowest BCUT2D eigenvalue weighted by molar-refractivity contribution is -0.0615. The molecule has 0 amide bonds. The van der Waals surface area contributed by atoms with Crippen molar-refractivity contribution >= 4 is 0 Å². The normalized spacial score (nSPS) is 27.2. The molecule has 1 saturated heterocycles. The maximum atomic E-state index is 12.7. The number of nitrogens with zero attached hydrogens (tertiary/aromatic N) is 1. The second-order valence-electron chi connectivity index (χ2n) is 5.98. The fraction of sp³-hybridized carbons (Fsp3) is 0.625. The van der Waals surface area contributed by atoms with Gasteiger partial charge in [-0.1, -0.05) is 24.3 Å². The summed E-state index contributed by atoms with van der Waals surface area (Å²) in [6.07, 6.45) is 0.153. The summed E-state index contributed by atoms with van der Waals surface area (Å²) in [6.45, 7) is 2.40. The summed E-state index contributed by atoms with van der Waals surface area (Å²) in [4.78, 5) is 2.25. The number of rotatable bonds is 5. The predicted octanol–water partition coefficient (Wildman–Crippen LogP) is 2.75. The van der Waals surface area contributed by atoms with Crippen LogP contribution in [0.2, 0.25) is 0 Å². The van der Waals surface area contributed by atoms with Crippen LogP contribution in [0.15, 0.2) is 24.3 Å². The van der Waals surface area contributed by atoms with Crippen molar-refractivity contribution in [3.63, 3.8) is 0 Å². The Labute approximate surface area is 124 Å². The molecule has 3 nitrogen and oxygen atoms in total. The van der Waals surface area contributed by atoms with Gasteiger partial charge in [-0.3, -0.25) is 4.90 Å². The minimum atomic E-state index is -2.41. The van der Waals surface area contributed by atoms with E-state index in [-0.39, 0.29) is 17.7 Å². The van der Waals surface area contributed by atoms with E-state index in [0.29, 0.717) is 6.04 Å². The van der Waals surface area contributed by atoms with E-state index >= 15 is 0 Å². The highest BCUT2D eigenvalue weighted by Crippen LogP contribution is 2.30. The zero-order valence-electron chi connectivity index (χ0n) is 12.3. The molecule has 1 aliphatic heterocycles. The fourth-order valence-electron chi connectivity index (χ4n) is 2.91. The molecular weight excluding hydrogens is 274 g/mol. The van der Waals surface area contributed by atoms with Crippen LogP contribution in [0, 0.1) is 0 Å². The molecule has 0 aromatic heterocycles. The SMILES string of the molecule is CN1CCOC(CNC2CC2)C1c1ccc(C(F)F)cc1. The Morgan fingerprint density at radius 2 is 2.00 bits per heavy atom. The molecule has 2 aliphatic rings. The van der Waals surface area contributed by atoms with Gasteiger partial charge in [-0.2, -0.15) is 0 Å². The predicted molar refractivity (Wildman–Crippen MR) is 77.5 cm³/mol. The highest BCUT2D eigenvalue weighted by molar-refractivity contribution is 5.27. The number of hydrogen-bond acceptors (Lipinski definition) is 3. The number of ether oxygens (including phenoxy) is 1. The zero-order valence-corrected chi connectivity index (χ0v) is 12.3.